The average molecular weight is 385 g/mol. The van der Waals surface area contributed by atoms with E-state index in [1.54, 1.807) is 0 Å². The molecule has 0 saturated heterocycles. The van der Waals surface area contributed by atoms with E-state index in [4.69, 9.17) is 16.3 Å². The van der Waals surface area contributed by atoms with Crippen LogP contribution in [0, 0.1) is 10.5 Å². The van der Waals surface area contributed by atoms with Gasteiger partial charge in [0.1, 0.15) is 5.75 Å². The molecule has 0 fully saturated rings. The fourth-order valence-electron chi connectivity index (χ4n) is 2.40. The molecule has 0 spiro atoms. The van der Waals surface area contributed by atoms with Crippen molar-refractivity contribution in [3.05, 3.63) is 62.2 Å². The molecular weight excluding hydrogens is 371 g/mol. The van der Waals surface area contributed by atoms with Gasteiger partial charge in [-0.25, -0.2) is 0 Å². The van der Waals surface area contributed by atoms with Crippen molar-refractivity contribution in [1.29, 1.82) is 0 Å². The lowest BCUT2D eigenvalue weighted by Crippen LogP contribution is -1.98. The summed E-state index contributed by atoms with van der Waals surface area (Å²) in [5, 5.41) is -0.151. The van der Waals surface area contributed by atoms with Crippen LogP contribution in [-0.4, -0.2) is 6.61 Å². The maximum Gasteiger partial charge on any atom is 0.127 e. The molecule has 1 heterocycles. The minimum Gasteiger partial charge on any atom is -0.493 e. The molecule has 98 valence electrons. The van der Waals surface area contributed by atoms with E-state index < -0.39 is 0 Å². The molecule has 3 heteroatoms. The molecule has 0 bridgehead atoms. The second-order valence-corrected chi connectivity index (χ2v) is 6.54. The first-order valence-corrected chi connectivity index (χ1v) is 7.82. The molecule has 0 aromatic heterocycles. The molecule has 1 nitrogen and oxygen atoms in total. The first-order valence-electron chi connectivity index (χ1n) is 6.31. The van der Waals surface area contributed by atoms with Crippen molar-refractivity contribution in [3.63, 3.8) is 0 Å². The number of hydrogen-bond acceptors (Lipinski definition) is 1. The second kappa shape index (κ2) is 5.33. The number of ether oxygens (including phenoxy) is 1. The van der Waals surface area contributed by atoms with Crippen molar-refractivity contribution >= 4 is 34.2 Å². The molecule has 1 atom stereocenters. The number of alkyl halides is 1. The summed E-state index contributed by atoms with van der Waals surface area (Å²) in [5.41, 5.74) is 4.73. The van der Waals surface area contributed by atoms with Gasteiger partial charge in [-0.15, -0.1) is 11.6 Å². The third-order valence-electron chi connectivity index (χ3n) is 3.42. The number of fused-ring (bicyclic) bond motifs is 1. The normalized spacial score (nSPS) is 14.9. The number of hydrogen-bond donors (Lipinski definition) is 0. The number of rotatable bonds is 2. The van der Waals surface area contributed by atoms with Gasteiger partial charge in [0.05, 0.1) is 12.0 Å². The van der Waals surface area contributed by atoms with Crippen molar-refractivity contribution in [2.75, 3.05) is 6.61 Å². The van der Waals surface area contributed by atoms with E-state index >= 15 is 0 Å². The Morgan fingerprint density at radius 3 is 2.68 bits per heavy atom. The summed E-state index contributed by atoms with van der Waals surface area (Å²) in [6.45, 7) is 2.85. The highest BCUT2D eigenvalue weighted by Gasteiger charge is 2.23. The molecule has 0 radical (unpaired) electrons. The highest BCUT2D eigenvalue weighted by atomic mass is 127. The van der Waals surface area contributed by atoms with Crippen LogP contribution < -0.4 is 4.74 Å². The van der Waals surface area contributed by atoms with Gasteiger partial charge in [0.25, 0.3) is 0 Å². The largest absolute Gasteiger partial charge is 0.493 e. The zero-order valence-electron chi connectivity index (χ0n) is 10.6. The molecule has 19 heavy (non-hydrogen) atoms. The summed E-state index contributed by atoms with van der Waals surface area (Å²) in [4.78, 5) is 0. The minimum absolute atomic E-state index is 0.151. The van der Waals surface area contributed by atoms with Gasteiger partial charge in [-0.05, 0) is 52.8 Å². The zero-order valence-corrected chi connectivity index (χ0v) is 13.5. The summed E-state index contributed by atoms with van der Waals surface area (Å²) in [5.74, 6) is 0.987. The van der Waals surface area contributed by atoms with E-state index in [1.807, 2.05) is 0 Å². The quantitative estimate of drug-likeness (QED) is 0.530. The summed E-state index contributed by atoms with van der Waals surface area (Å²) in [7, 11) is 0. The maximum atomic E-state index is 6.66. The lowest BCUT2D eigenvalue weighted by molar-refractivity contribution is 0.353. The van der Waals surface area contributed by atoms with E-state index in [9.17, 15) is 0 Å². The highest BCUT2D eigenvalue weighted by molar-refractivity contribution is 14.1. The number of aryl methyl sites for hydroxylation is 1. The SMILES string of the molecule is Cc1ccc(C(Cl)c2cc(I)cc3c2OCC3)cc1. The summed E-state index contributed by atoms with van der Waals surface area (Å²) < 4.78 is 6.98. The third kappa shape index (κ3) is 2.61. The topological polar surface area (TPSA) is 9.23 Å². The van der Waals surface area contributed by atoms with Crippen LogP contribution in [0.25, 0.3) is 0 Å². The van der Waals surface area contributed by atoms with Crippen molar-refractivity contribution in [3.8, 4) is 5.75 Å². The first-order chi connectivity index (χ1) is 9.15. The Balaban J connectivity index is 2.04. The van der Waals surface area contributed by atoms with Crippen molar-refractivity contribution in [1.82, 2.24) is 0 Å². The summed E-state index contributed by atoms with van der Waals surface area (Å²) in [6.07, 6.45) is 0.983. The molecule has 0 amide bonds. The number of benzene rings is 2. The molecule has 0 aliphatic carbocycles. The monoisotopic (exact) mass is 384 g/mol. The molecule has 0 N–H and O–H groups in total. The average Bonchev–Trinajstić information content (AvgIpc) is 2.85. The molecule has 2 aromatic rings. The lowest BCUT2D eigenvalue weighted by atomic mass is 10.00. The van der Waals surface area contributed by atoms with E-state index in [1.165, 1.54) is 14.7 Å². The summed E-state index contributed by atoms with van der Waals surface area (Å²) in [6, 6.07) is 12.7. The Labute approximate surface area is 132 Å². The Hall–Kier alpha value is -0.740. The van der Waals surface area contributed by atoms with Crippen molar-refractivity contribution in [2.45, 2.75) is 18.7 Å². The van der Waals surface area contributed by atoms with Crippen LogP contribution in [0.1, 0.15) is 27.6 Å². The molecular formula is C16H14ClIO. The van der Waals surface area contributed by atoms with Gasteiger partial charge in [-0.3, -0.25) is 0 Å². The second-order valence-electron chi connectivity index (χ2n) is 4.85. The predicted molar refractivity (Wildman–Crippen MR) is 87.2 cm³/mol. The predicted octanol–water partition coefficient (Wildman–Crippen LogP) is 4.86. The Morgan fingerprint density at radius 1 is 1.21 bits per heavy atom. The van der Waals surface area contributed by atoms with Crippen LogP contribution in [0.3, 0.4) is 0 Å². The summed E-state index contributed by atoms with van der Waals surface area (Å²) >= 11 is 9.00. The lowest BCUT2D eigenvalue weighted by Gasteiger charge is -2.15. The van der Waals surface area contributed by atoms with E-state index in [-0.39, 0.29) is 5.38 Å². The van der Waals surface area contributed by atoms with E-state index in [0.717, 1.165) is 29.9 Å². The Morgan fingerprint density at radius 2 is 1.95 bits per heavy atom. The van der Waals surface area contributed by atoms with Gasteiger partial charge < -0.3 is 4.74 Å². The Bertz CT molecular complexity index is 607. The maximum absolute atomic E-state index is 6.66. The van der Waals surface area contributed by atoms with E-state index in [2.05, 4.69) is 65.9 Å². The smallest absolute Gasteiger partial charge is 0.127 e. The highest BCUT2D eigenvalue weighted by Crippen LogP contribution is 2.40. The van der Waals surface area contributed by atoms with Crippen LogP contribution in [0.15, 0.2) is 36.4 Å². The zero-order chi connectivity index (χ0) is 13.4. The van der Waals surface area contributed by atoms with Gasteiger partial charge in [-0.1, -0.05) is 29.8 Å². The molecule has 2 aromatic carbocycles. The number of halogens is 2. The standard InChI is InChI=1S/C16H14ClIO/c1-10-2-4-11(5-3-10)15(17)14-9-13(18)8-12-6-7-19-16(12)14/h2-5,8-9,15H,6-7H2,1H3. The van der Waals surface area contributed by atoms with Crippen LogP contribution in [0.2, 0.25) is 0 Å². The van der Waals surface area contributed by atoms with Crippen LogP contribution in [-0.2, 0) is 6.42 Å². The van der Waals surface area contributed by atoms with Gasteiger partial charge in [-0.2, -0.15) is 0 Å². The third-order valence-corrected chi connectivity index (χ3v) is 4.53. The fraction of sp³-hybridized carbons (Fsp3) is 0.250. The van der Waals surface area contributed by atoms with Crippen molar-refractivity contribution in [2.24, 2.45) is 0 Å². The Kier molecular flexibility index (Phi) is 3.72. The molecule has 0 saturated carbocycles. The molecule has 3 rings (SSSR count). The fourth-order valence-corrected chi connectivity index (χ4v) is 3.42. The van der Waals surface area contributed by atoms with Gasteiger partial charge >= 0.3 is 0 Å². The molecule has 1 aliphatic rings. The minimum atomic E-state index is -0.151. The first kappa shape index (κ1) is 13.3. The van der Waals surface area contributed by atoms with Crippen LogP contribution >= 0.6 is 34.2 Å². The van der Waals surface area contributed by atoms with Crippen LogP contribution in [0.5, 0.6) is 5.75 Å². The van der Waals surface area contributed by atoms with E-state index in [0.29, 0.717) is 0 Å². The molecule has 1 unspecified atom stereocenters. The molecule has 1 aliphatic heterocycles. The van der Waals surface area contributed by atoms with Crippen LogP contribution in [0.4, 0.5) is 0 Å². The van der Waals surface area contributed by atoms with Gasteiger partial charge in [0.2, 0.25) is 0 Å². The van der Waals surface area contributed by atoms with Gasteiger partial charge in [0, 0.05) is 15.6 Å². The van der Waals surface area contributed by atoms with Crippen molar-refractivity contribution < 1.29 is 4.74 Å². The van der Waals surface area contributed by atoms with Gasteiger partial charge in [0.15, 0.2) is 0 Å².